The average molecular weight is 236 g/mol. The Balaban J connectivity index is 1.77. The number of ether oxygens (including phenoxy) is 2. The molecule has 0 amide bonds. The molecule has 1 N–H and O–H groups in total. The van der Waals surface area contributed by atoms with Gasteiger partial charge in [0.1, 0.15) is 5.75 Å². The van der Waals surface area contributed by atoms with Gasteiger partial charge in [0, 0.05) is 19.8 Å². The zero-order valence-corrected chi connectivity index (χ0v) is 10.1. The molecule has 3 nitrogen and oxygen atoms in total. The van der Waals surface area contributed by atoms with E-state index in [9.17, 15) is 0 Å². The van der Waals surface area contributed by atoms with E-state index in [0.29, 0.717) is 12.3 Å². The molecule has 0 aromatic heterocycles. The SMILES string of the molecule is OCCc1ccc(OCC2CCOCC2)cc1. The zero-order chi connectivity index (χ0) is 11.9. The van der Waals surface area contributed by atoms with Crippen molar-refractivity contribution in [2.75, 3.05) is 26.4 Å². The molecule has 1 saturated heterocycles. The summed E-state index contributed by atoms with van der Waals surface area (Å²) in [6.07, 6.45) is 2.91. The Morgan fingerprint density at radius 3 is 2.53 bits per heavy atom. The predicted octanol–water partition coefficient (Wildman–Crippen LogP) is 2.03. The third-order valence-electron chi connectivity index (χ3n) is 3.15. The standard InChI is InChI=1S/C14H20O3/c15-8-5-12-1-3-14(4-2-12)17-11-13-6-9-16-10-7-13/h1-4,13,15H,5-11H2. The van der Waals surface area contributed by atoms with Crippen molar-refractivity contribution in [1.29, 1.82) is 0 Å². The number of hydrogen-bond acceptors (Lipinski definition) is 3. The second-order valence-electron chi connectivity index (χ2n) is 4.48. The number of aliphatic hydroxyl groups is 1. The number of hydrogen-bond donors (Lipinski definition) is 1. The van der Waals surface area contributed by atoms with Gasteiger partial charge in [-0.1, -0.05) is 12.1 Å². The van der Waals surface area contributed by atoms with Crippen LogP contribution in [0.2, 0.25) is 0 Å². The van der Waals surface area contributed by atoms with Gasteiger partial charge in [-0.15, -0.1) is 0 Å². The highest BCUT2D eigenvalue weighted by atomic mass is 16.5. The Morgan fingerprint density at radius 2 is 1.88 bits per heavy atom. The smallest absolute Gasteiger partial charge is 0.119 e. The van der Waals surface area contributed by atoms with E-state index >= 15 is 0 Å². The molecule has 1 heterocycles. The molecule has 94 valence electrons. The lowest BCUT2D eigenvalue weighted by atomic mass is 10.0. The van der Waals surface area contributed by atoms with Crippen LogP contribution in [0.15, 0.2) is 24.3 Å². The van der Waals surface area contributed by atoms with Crippen LogP contribution >= 0.6 is 0 Å². The Morgan fingerprint density at radius 1 is 1.18 bits per heavy atom. The van der Waals surface area contributed by atoms with Crippen molar-refractivity contribution in [3.63, 3.8) is 0 Å². The van der Waals surface area contributed by atoms with E-state index in [4.69, 9.17) is 14.6 Å². The van der Waals surface area contributed by atoms with E-state index in [2.05, 4.69) is 0 Å². The van der Waals surface area contributed by atoms with Crippen LogP contribution in [-0.4, -0.2) is 31.5 Å². The van der Waals surface area contributed by atoms with Gasteiger partial charge in [-0.05, 0) is 42.9 Å². The molecular weight excluding hydrogens is 216 g/mol. The first-order valence-corrected chi connectivity index (χ1v) is 6.29. The highest BCUT2D eigenvalue weighted by Gasteiger charge is 2.14. The van der Waals surface area contributed by atoms with E-state index in [1.54, 1.807) is 0 Å². The Bertz CT molecular complexity index is 315. The van der Waals surface area contributed by atoms with Gasteiger partial charge >= 0.3 is 0 Å². The van der Waals surface area contributed by atoms with Crippen LogP contribution in [0.5, 0.6) is 5.75 Å². The van der Waals surface area contributed by atoms with Crippen LogP contribution in [0.1, 0.15) is 18.4 Å². The highest BCUT2D eigenvalue weighted by molar-refractivity contribution is 5.27. The van der Waals surface area contributed by atoms with Crippen molar-refractivity contribution in [2.45, 2.75) is 19.3 Å². The first kappa shape index (κ1) is 12.4. The van der Waals surface area contributed by atoms with Gasteiger partial charge in [-0.3, -0.25) is 0 Å². The maximum Gasteiger partial charge on any atom is 0.119 e. The fourth-order valence-electron chi connectivity index (χ4n) is 2.01. The largest absolute Gasteiger partial charge is 0.493 e. The molecule has 1 aliphatic rings. The molecule has 0 bridgehead atoms. The maximum atomic E-state index is 8.82. The minimum atomic E-state index is 0.197. The summed E-state index contributed by atoms with van der Waals surface area (Å²) in [4.78, 5) is 0. The van der Waals surface area contributed by atoms with Crippen LogP contribution in [0.4, 0.5) is 0 Å². The molecule has 2 rings (SSSR count). The van der Waals surface area contributed by atoms with Crippen LogP contribution in [0, 0.1) is 5.92 Å². The van der Waals surface area contributed by atoms with Crippen LogP contribution in [0.25, 0.3) is 0 Å². The first-order valence-electron chi connectivity index (χ1n) is 6.29. The molecule has 1 aromatic rings. The highest BCUT2D eigenvalue weighted by Crippen LogP contribution is 2.18. The summed E-state index contributed by atoms with van der Waals surface area (Å²) in [5.74, 6) is 1.54. The second-order valence-corrected chi connectivity index (χ2v) is 4.48. The van der Waals surface area contributed by atoms with Gasteiger partial charge in [-0.25, -0.2) is 0 Å². The third kappa shape index (κ3) is 4.02. The first-order chi connectivity index (χ1) is 8.38. The second kappa shape index (κ2) is 6.62. The van der Waals surface area contributed by atoms with Gasteiger partial charge in [-0.2, -0.15) is 0 Å². The van der Waals surface area contributed by atoms with Crippen molar-refractivity contribution in [3.8, 4) is 5.75 Å². The minimum Gasteiger partial charge on any atom is -0.493 e. The van der Waals surface area contributed by atoms with E-state index < -0.39 is 0 Å². The van der Waals surface area contributed by atoms with E-state index in [-0.39, 0.29) is 6.61 Å². The van der Waals surface area contributed by atoms with Gasteiger partial charge in [0.15, 0.2) is 0 Å². The van der Waals surface area contributed by atoms with Crippen LogP contribution < -0.4 is 4.74 Å². The lowest BCUT2D eigenvalue weighted by Crippen LogP contribution is -2.21. The summed E-state index contributed by atoms with van der Waals surface area (Å²) in [6, 6.07) is 7.97. The zero-order valence-electron chi connectivity index (χ0n) is 10.1. The van der Waals surface area contributed by atoms with Crippen molar-refractivity contribution in [1.82, 2.24) is 0 Å². The predicted molar refractivity (Wildman–Crippen MR) is 66.3 cm³/mol. The van der Waals surface area contributed by atoms with E-state index in [1.165, 1.54) is 0 Å². The average Bonchev–Trinajstić information content (AvgIpc) is 2.40. The molecule has 0 aliphatic carbocycles. The lowest BCUT2D eigenvalue weighted by molar-refractivity contribution is 0.0497. The normalized spacial score (nSPS) is 17.0. The van der Waals surface area contributed by atoms with E-state index in [1.807, 2.05) is 24.3 Å². The lowest BCUT2D eigenvalue weighted by Gasteiger charge is -2.22. The van der Waals surface area contributed by atoms with Crippen molar-refractivity contribution >= 4 is 0 Å². The molecule has 0 atom stereocenters. The molecule has 17 heavy (non-hydrogen) atoms. The summed E-state index contributed by atoms with van der Waals surface area (Å²) in [6.45, 7) is 2.71. The molecule has 0 spiro atoms. The number of rotatable bonds is 5. The summed E-state index contributed by atoms with van der Waals surface area (Å²) >= 11 is 0. The Labute approximate surface area is 102 Å². The Kier molecular flexibility index (Phi) is 4.83. The summed E-state index contributed by atoms with van der Waals surface area (Å²) < 4.78 is 11.1. The molecule has 3 heteroatoms. The molecule has 0 radical (unpaired) electrons. The molecule has 1 aromatic carbocycles. The Hall–Kier alpha value is -1.06. The molecule has 0 unspecified atom stereocenters. The minimum absolute atomic E-state index is 0.197. The number of benzene rings is 1. The van der Waals surface area contributed by atoms with Crippen molar-refractivity contribution in [3.05, 3.63) is 29.8 Å². The quantitative estimate of drug-likeness (QED) is 0.850. The van der Waals surface area contributed by atoms with Gasteiger partial charge < -0.3 is 14.6 Å². The van der Waals surface area contributed by atoms with Gasteiger partial charge in [0.05, 0.1) is 6.61 Å². The van der Waals surface area contributed by atoms with E-state index in [0.717, 1.165) is 44.0 Å². The molecular formula is C14H20O3. The molecule has 1 aliphatic heterocycles. The van der Waals surface area contributed by atoms with Crippen molar-refractivity contribution in [2.24, 2.45) is 5.92 Å². The molecule has 0 saturated carbocycles. The monoisotopic (exact) mass is 236 g/mol. The number of aliphatic hydroxyl groups excluding tert-OH is 1. The topological polar surface area (TPSA) is 38.7 Å². The van der Waals surface area contributed by atoms with Gasteiger partial charge in [0.25, 0.3) is 0 Å². The van der Waals surface area contributed by atoms with Crippen LogP contribution in [0.3, 0.4) is 0 Å². The fourth-order valence-corrected chi connectivity index (χ4v) is 2.01. The third-order valence-corrected chi connectivity index (χ3v) is 3.15. The van der Waals surface area contributed by atoms with Crippen molar-refractivity contribution < 1.29 is 14.6 Å². The van der Waals surface area contributed by atoms with Gasteiger partial charge in [0.2, 0.25) is 0 Å². The fraction of sp³-hybridized carbons (Fsp3) is 0.571. The van der Waals surface area contributed by atoms with Crippen LogP contribution in [-0.2, 0) is 11.2 Å². The molecule has 1 fully saturated rings. The summed E-state index contributed by atoms with van der Waals surface area (Å²) in [5, 5.41) is 8.82. The summed E-state index contributed by atoms with van der Waals surface area (Å²) in [7, 11) is 0. The maximum absolute atomic E-state index is 8.82. The summed E-state index contributed by atoms with van der Waals surface area (Å²) in [5.41, 5.74) is 1.14.